The van der Waals surface area contributed by atoms with E-state index in [1.165, 1.54) is 25.3 Å². The van der Waals surface area contributed by atoms with Crippen LogP contribution in [-0.4, -0.2) is 57.6 Å². The normalized spacial score (nSPS) is 13.4. The van der Waals surface area contributed by atoms with E-state index in [1.807, 2.05) is 24.4 Å². The summed E-state index contributed by atoms with van der Waals surface area (Å²) in [5.41, 5.74) is 2.23. The van der Waals surface area contributed by atoms with Gasteiger partial charge in [-0.25, -0.2) is 9.59 Å². The minimum atomic E-state index is -1.26. The molecule has 1 aliphatic rings. The molecule has 0 spiro atoms. The summed E-state index contributed by atoms with van der Waals surface area (Å²) >= 11 is 0. The molecule has 3 N–H and O–H groups in total. The van der Waals surface area contributed by atoms with Crippen LogP contribution in [0.2, 0.25) is 0 Å². The highest BCUT2D eigenvalue weighted by Crippen LogP contribution is 2.30. The van der Waals surface area contributed by atoms with Gasteiger partial charge < -0.3 is 24.8 Å². The van der Waals surface area contributed by atoms with E-state index in [-0.39, 0.29) is 5.97 Å². The Morgan fingerprint density at radius 3 is 2.39 bits per heavy atom. The molecule has 1 heterocycles. The summed E-state index contributed by atoms with van der Waals surface area (Å²) in [6.45, 7) is 2.47. The van der Waals surface area contributed by atoms with E-state index in [1.54, 1.807) is 0 Å². The van der Waals surface area contributed by atoms with Crippen molar-refractivity contribution < 1.29 is 29.3 Å². The van der Waals surface area contributed by atoms with Crippen molar-refractivity contribution in [1.82, 2.24) is 9.88 Å². The number of likely N-dealkylation sites (N-methyl/N-ethyl adjacent to an activating group) is 1. The lowest BCUT2D eigenvalue weighted by Gasteiger charge is -2.15. The fraction of sp³-hybridized carbons (Fsp3) is 0.350. The molecule has 2 aromatic rings. The third-order valence-corrected chi connectivity index (χ3v) is 4.28. The van der Waals surface area contributed by atoms with E-state index in [2.05, 4.69) is 16.9 Å². The second-order valence-electron chi connectivity index (χ2n) is 6.56. The van der Waals surface area contributed by atoms with Crippen LogP contribution in [0, 0.1) is 0 Å². The third kappa shape index (κ3) is 6.55. The molecule has 1 aliphatic carbocycles. The number of carbonyl (C=O) groups is 3. The van der Waals surface area contributed by atoms with Gasteiger partial charge in [0.05, 0.1) is 0 Å². The molecule has 0 unspecified atom stereocenters. The van der Waals surface area contributed by atoms with Gasteiger partial charge >= 0.3 is 17.9 Å². The Morgan fingerprint density at radius 1 is 1.21 bits per heavy atom. The average Bonchev–Trinajstić information content (AvgIpc) is 3.39. The maximum Gasteiger partial charge on any atom is 0.328 e. The van der Waals surface area contributed by atoms with Gasteiger partial charge in [0.15, 0.2) is 0 Å². The number of rotatable bonds is 7. The zero-order chi connectivity index (χ0) is 20.7. The molecule has 1 fully saturated rings. The number of carboxylic acids is 2. The van der Waals surface area contributed by atoms with Gasteiger partial charge in [0.25, 0.3) is 0 Å². The van der Waals surface area contributed by atoms with Gasteiger partial charge in [0.2, 0.25) is 0 Å². The summed E-state index contributed by atoms with van der Waals surface area (Å²) in [5.74, 6) is -2.14. The number of nitrogens with zero attached hydrogens (tertiary/aromatic N) is 1. The predicted molar refractivity (Wildman–Crippen MR) is 103 cm³/mol. The van der Waals surface area contributed by atoms with Crippen molar-refractivity contribution in [2.24, 2.45) is 0 Å². The Balaban J connectivity index is 0.000000300. The van der Waals surface area contributed by atoms with Crippen LogP contribution in [0.5, 0.6) is 5.75 Å². The quantitative estimate of drug-likeness (QED) is 0.378. The van der Waals surface area contributed by atoms with Crippen molar-refractivity contribution in [3.05, 3.63) is 42.1 Å². The number of hydrogen-bond donors (Lipinski definition) is 3. The second-order valence-corrected chi connectivity index (χ2v) is 6.56. The van der Waals surface area contributed by atoms with Crippen LogP contribution in [0.25, 0.3) is 10.9 Å². The van der Waals surface area contributed by atoms with Gasteiger partial charge in [0, 0.05) is 48.8 Å². The number of aromatic amines is 1. The minimum absolute atomic E-state index is 0.278. The zero-order valence-electron chi connectivity index (χ0n) is 15.8. The number of nitrogens with one attached hydrogen (secondary N) is 1. The molecule has 8 nitrogen and oxygen atoms in total. The van der Waals surface area contributed by atoms with Crippen molar-refractivity contribution in [1.29, 1.82) is 0 Å². The maximum atomic E-state index is 11.2. The molecule has 1 aromatic carbocycles. The van der Waals surface area contributed by atoms with Gasteiger partial charge in [-0.1, -0.05) is 6.07 Å². The molecule has 0 saturated heterocycles. The van der Waals surface area contributed by atoms with E-state index in [9.17, 15) is 14.4 Å². The summed E-state index contributed by atoms with van der Waals surface area (Å²) in [4.78, 5) is 36.0. The minimum Gasteiger partial charge on any atom is -0.478 e. The second kappa shape index (κ2) is 9.70. The Hall–Kier alpha value is -3.13. The Bertz CT molecular complexity index is 866. The first kappa shape index (κ1) is 21.2. The molecule has 3 rings (SSSR count). The predicted octanol–water partition coefficient (Wildman–Crippen LogP) is 2.44. The van der Waals surface area contributed by atoms with Crippen LogP contribution in [0.15, 0.2) is 36.5 Å². The number of fused-ring (bicyclic) bond motifs is 1. The molecule has 0 bridgehead atoms. The topological polar surface area (TPSA) is 120 Å². The summed E-state index contributed by atoms with van der Waals surface area (Å²) in [6, 6.07) is 6.53. The van der Waals surface area contributed by atoms with Crippen LogP contribution in [-0.2, 0) is 20.8 Å². The first-order chi connectivity index (χ1) is 13.3. The van der Waals surface area contributed by atoms with Gasteiger partial charge in [-0.15, -0.1) is 0 Å². The standard InChI is InChI=1S/C16H20N2O2.C4H4O4/c1-11(19)20-15-5-3-4-14-16(15)12(10-17-14)8-9-18(2)13-6-7-13;5-3(6)1-2-4(7)8/h3-5,10,13,17H,6-9H2,1-2H3;1-2H,(H,5,6)(H,7,8)/b;2-1+. The number of benzene rings is 1. The largest absolute Gasteiger partial charge is 0.478 e. The number of H-pyrrole nitrogens is 1. The first-order valence-electron chi connectivity index (χ1n) is 8.89. The number of aliphatic carboxylic acids is 2. The summed E-state index contributed by atoms with van der Waals surface area (Å²) in [7, 11) is 2.18. The van der Waals surface area contributed by atoms with E-state index in [4.69, 9.17) is 14.9 Å². The Kier molecular flexibility index (Phi) is 7.34. The number of aromatic nitrogens is 1. The number of esters is 1. The van der Waals surface area contributed by atoms with Crippen LogP contribution < -0.4 is 4.74 Å². The highest BCUT2D eigenvalue weighted by Gasteiger charge is 2.25. The fourth-order valence-electron chi connectivity index (χ4n) is 2.79. The molecule has 1 aromatic heterocycles. The number of ether oxygens (including phenoxy) is 1. The lowest BCUT2D eigenvalue weighted by molar-refractivity contribution is -0.134. The summed E-state index contributed by atoms with van der Waals surface area (Å²) in [5, 5.41) is 16.7. The maximum absolute atomic E-state index is 11.2. The average molecular weight is 388 g/mol. The van der Waals surface area contributed by atoms with Crippen molar-refractivity contribution in [2.45, 2.75) is 32.2 Å². The van der Waals surface area contributed by atoms with Gasteiger partial charge in [0.1, 0.15) is 5.75 Å². The number of carboxylic acid groups (broad SMARTS) is 2. The zero-order valence-corrected chi connectivity index (χ0v) is 15.8. The fourth-order valence-corrected chi connectivity index (χ4v) is 2.79. The van der Waals surface area contributed by atoms with Crippen LogP contribution in [0.4, 0.5) is 0 Å². The van der Waals surface area contributed by atoms with Crippen LogP contribution >= 0.6 is 0 Å². The summed E-state index contributed by atoms with van der Waals surface area (Å²) in [6.07, 6.45) is 6.75. The molecular formula is C20H24N2O6. The molecule has 0 aliphatic heterocycles. The Morgan fingerprint density at radius 2 is 1.86 bits per heavy atom. The molecule has 8 heteroatoms. The summed E-state index contributed by atoms with van der Waals surface area (Å²) < 4.78 is 5.32. The molecule has 1 saturated carbocycles. The molecule has 0 amide bonds. The van der Waals surface area contributed by atoms with Gasteiger partial charge in [-0.05, 0) is 44.0 Å². The molecule has 0 atom stereocenters. The van der Waals surface area contributed by atoms with Crippen molar-refractivity contribution in [2.75, 3.05) is 13.6 Å². The highest BCUT2D eigenvalue weighted by atomic mass is 16.5. The number of hydrogen-bond acceptors (Lipinski definition) is 5. The smallest absolute Gasteiger partial charge is 0.328 e. The van der Waals surface area contributed by atoms with Gasteiger partial charge in [-0.3, -0.25) is 4.79 Å². The van der Waals surface area contributed by atoms with E-state index >= 15 is 0 Å². The SMILES string of the molecule is CC(=O)Oc1cccc2[nH]cc(CCN(C)C3CC3)c12.O=C(O)/C=C/C(=O)O. The molecule has 150 valence electrons. The molecular weight excluding hydrogens is 364 g/mol. The first-order valence-corrected chi connectivity index (χ1v) is 8.89. The van der Waals surface area contributed by atoms with E-state index in [0.717, 1.165) is 29.9 Å². The van der Waals surface area contributed by atoms with Gasteiger partial charge in [-0.2, -0.15) is 0 Å². The van der Waals surface area contributed by atoms with Crippen LogP contribution in [0.1, 0.15) is 25.3 Å². The van der Waals surface area contributed by atoms with Crippen molar-refractivity contribution >= 4 is 28.8 Å². The third-order valence-electron chi connectivity index (χ3n) is 4.28. The lowest BCUT2D eigenvalue weighted by atomic mass is 10.1. The molecule has 0 radical (unpaired) electrons. The van der Waals surface area contributed by atoms with Crippen molar-refractivity contribution in [3.8, 4) is 5.75 Å². The highest BCUT2D eigenvalue weighted by molar-refractivity contribution is 5.91. The molecule has 28 heavy (non-hydrogen) atoms. The Labute approximate surface area is 162 Å². The van der Waals surface area contributed by atoms with Crippen molar-refractivity contribution in [3.63, 3.8) is 0 Å². The lowest BCUT2D eigenvalue weighted by Crippen LogP contribution is -2.23. The van der Waals surface area contributed by atoms with E-state index in [0.29, 0.717) is 17.9 Å². The number of carbonyl (C=O) groups excluding carboxylic acids is 1. The monoisotopic (exact) mass is 388 g/mol. The van der Waals surface area contributed by atoms with E-state index < -0.39 is 11.9 Å². The van der Waals surface area contributed by atoms with Crippen LogP contribution in [0.3, 0.4) is 0 Å².